The van der Waals surface area contributed by atoms with Gasteiger partial charge < -0.3 is 5.73 Å². The van der Waals surface area contributed by atoms with E-state index < -0.39 is 0 Å². The molecule has 58 valence electrons. The van der Waals surface area contributed by atoms with E-state index in [-0.39, 0.29) is 6.54 Å². The SMILES string of the molecule is Cc1ccc(N)c(CN=O)c1. The normalized spacial score (nSPS) is 9.55. The first kappa shape index (κ1) is 7.72. The maximum Gasteiger partial charge on any atom is 0.108 e. The van der Waals surface area contributed by atoms with E-state index in [4.69, 9.17) is 5.73 Å². The first-order valence-electron chi connectivity index (χ1n) is 3.38. The van der Waals surface area contributed by atoms with Crippen molar-refractivity contribution in [3.8, 4) is 0 Å². The number of rotatable bonds is 2. The molecule has 0 saturated carbocycles. The van der Waals surface area contributed by atoms with Crippen LogP contribution in [0.5, 0.6) is 0 Å². The number of nitrogens with two attached hydrogens (primary N) is 1. The molecule has 1 rings (SSSR count). The summed E-state index contributed by atoms with van der Waals surface area (Å²) >= 11 is 0. The lowest BCUT2D eigenvalue weighted by molar-refractivity contribution is 1.05. The Kier molecular flexibility index (Phi) is 2.21. The van der Waals surface area contributed by atoms with Gasteiger partial charge >= 0.3 is 0 Å². The summed E-state index contributed by atoms with van der Waals surface area (Å²) in [6.45, 7) is 2.11. The molecule has 0 aliphatic carbocycles. The standard InChI is InChI=1S/C8H10N2O/c1-6-2-3-8(9)7(4-6)5-10-11/h2-4H,5,9H2,1H3. The number of aryl methyl sites for hydroxylation is 1. The van der Waals surface area contributed by atoms with Crippen LogP contribution in [0.3, 0.4) is 0 Å². The van der Waals surface area contributed by atoms with E-state index in [1.54, 1.807) is 6.07 Å². The fraction of sp³-hybridized carbons (Fsp3) is 0.250. The van der Waals surface area contributed by atoms with Gasteiger partial charge in [0.05, 0.1) is 0 Å². The second kappa shape index (κ2) is 3.14. The van der Waals surface area contributed by atoms with Gasteiger partial charge in [0.2, 0.25) is 0 Å². The zero-order valence-electron chi connectivity index (χ0n) is 6.37. The molecule has 0 radical (unpaired) electrons. The van der Waals surface area contributed by atoms with Crippen LogP contribution in [-0.2, 0) is 6.54 Å². The Morgan fingerprint density at radius 3 is 2.91 bits per heavy atom. The number of hydrogen-bond acceptors (Lipinski definition) is 3. The van der Waals surface area contributed by atoms with Crippen LogP contribution in [0, 0.1) is 11.8 Å². The minimum atomic E-state index is 0.160. The molecule has 0 aliphatic heterocycles. The van der Waals surface area contributed by atoms with Crippen LogP contribution in [0.2, 0.25) is 0 Å². The summed E-state index contributed by atoms with van der Waals surface area (Å²) in [7, 11) is 0. The highest BCUT2D eigenvalue weighted by molar-refractivity contribution is 5.48. The second-order valence-corrected chi connectivity index (χ2v) is 2.49. The van der Waals surface area contributed by atoms with Crippen molar-refractivity contribution in [2.75, 3.05) is 5.73 Å². The fourth-order valence-electron chi connectivity index (χ4n) is 0.941. The second-order valence-electron chi connectivity index (χ2n) is 2.49. The molecule has 0 saturated heterocycles. The smallest absolute Gasteiger partial charge is 0.108 e. The number of nitrogens with zero attached hydrogens (tertiary/aromatic N) is 1. The van der Waals surface area contributed by atoms with Crippen LogP contribution in [0.25, 0.3) is 0 Å². The molecule has 0 aliphatic rings. The third kappa shape index (κ3) is 1.77. The third-order valence-electron chi connectivity index (χ3n) is 1.53. The third-order valence-corrected chi connectivity index (χ3v) is 1.53. The van der Waals surface area contributed by atoms with Gasteiger partial charge in [-0.2, -0.15) is 4.91 Å². The predicted molar refractivity (Wildman–Crippen MR) is 45.1 cm³/mol. The van der Waals surface area contributed by atoms with E-state index in [1.165, 1.54) is 0 Å². The van der Waals surface area contributed by atoms with Gasteiger partial charge in [-0.3, -0.25) is 0 Å². The minimum absolute atomic E-state index is 0.160. The molecule has 3 heteroatoms. The molecule has 0 fully saturated rings. The molecule has 0 spiro atoms. The van der Waals surface area contributed by atoms with Gasteiger partial charge in [-0.05, 0) is 13.0 Å². The minimum Gasteiger partial charge on any atom is -0.398 e. The van der Waals surface area contributed by atoms with Crippen LogP contribution in [0.15, 0.2) is 23.4 Å². The van der Waals surface area contributed by atoms with Crippen LogP contribution in [-0.4, -0.2) is 0 Å². The quantitative estimate of drug-likeness (QED) is 0.516. The first-order chi connectivity index (χ1) is 5.24. The van der Waals surface area contributed by atoms with E-state index in [9.17, 15) is 4.91 Å². The summed E-state index contributed by atoms with van der Waals surface area (Å²) in [5.74, 6) is 0. The molecule has 0 aromatic heterocycles. The maximum atomic E-state index is 9.93. The molecule has 2 N–H and O–H groups in total. The van der Waals surface area contributed by atoms with E-state index >= 15 is 0 Å². The number of anilines is 1. The van der Waals surface area contributed by atoms with Gasteiger partial charge in [0.1, 0.15) is 6.54 Å². The Balaban J connectivity index is 3.01. The lowest BCUT2D eigenvalue weighted by Gasteiger charge is -2.01. The summed E-state index contributed by atoms with van der Waals surface area (Å²) in [5.41, 5.74) is 8.11. The Labute approximate surface area is 65.2 Å². The lowest BCUT2D eigenvalue weighted by Crippen LogP contribution is -1.92. The summed E-state index contributed by atoms with van der Waals surface area (Å²) in [4.78, 5) is 9.93. The Hall–Kier alpha value is -1.38. The number of nitroso groups, excluding NO2 is 1. The van der Waals surface area contributed by atoms with Crippen molar-refractivity contribution in [2.45, 2.75) is 13.5 Å². The molecule has 0 atom stereocenters. The molecular weight excluding hydrogens is 140 g/mol. The zero-order valence-corrected chi connectivity index (χ0v) is 6.37. The molecule has 0 heterocycles. The summed E-state index contributed by atoms with van der Waals surface area (Å²) < 4.78 is 0. The molecule has 0 unspecified atom stereocenters. The number of nitrogen functional groups attached to an aromatic ring is 1. The Morgan fingerprint density at radius 1 is 1.55 bits per heavy atom. The van der Waals surface area contributed by atoms with Gasteiger partial charge in [-0.25, -0.2) is 0 Å². The molecular formula is C8H10N2O. The van der Waals surface area contributed by atoms with Gasteiger partial charge in [0, 0.05) is 11.3 Å². The van der Waals surface area contributed by atoms with Crippen molar-refractivity contribution in [3.05, 3.63) is 34.2 Å². The highest BCUT2D eigenvalue weighted by Crippen LogP contribution is 2.14. The van der Waals surface area contributed by atoms with Crippen LogP contribution >= 0.6 is 0 Å². The number of hydrogen-bond donors (Lipinski definition) is 1. The van der Waals surface area contributed by atoms with Crippen LogP contribution in [0.4, 0.5) is 5.69 Å². The molecule has 1 aromatic carbocycles. The molecule has 11 heavy (non-hydrogen) atoms. The first-order valence-corrected chi connectivity index (χ1v) is 3.38. The number of benzene rings is 1. The zero-order chi connectivity index (χ0) is 8.27. The Morgan fingerprint density at radius 2 is 2.27 bits per heavy atom. The highest BCUT2D eigenvalue weighted by atomic mass is 16.3. The van der Waals surface area contributed by atoms with Gasteiger partial charge in [-0.1, -0.05) is 22.9 Å². The molecule has 3 nitrogen and oxygen atoms in total. The van der Waals surface area contributed by atoms with Gasteiger partial charge in [-0.15, -0.1) is 0 Å². The monoisotopic (exact) mass is 150 g/mol. The summed E-state index contributed by atoms with van der Waals surface area (Å²) in [6, 6.07) is 5.57. The van der Waals surface area contributed by atoms with Gasteiger partial charge in [0.15, 0.2) is 0 Å². The summed E-state index contributed by atoms with van der Waals surface area (Å²) in [5, 5.41) is 2.78. The molecule has 0 amide bonds. The topological polar surface area (TPSA) is 55.4 Å². The van der Waals surface area contributed by atoms with Crippen molar-refractivity contribution < 1.29 is 0 Å². The van der Waals surface area contributed by atoms with E-state index in [0.717, 1.165) is 11.1 Å². The fourth-order valence-corrected chi connectivity index (χ4v) is 0.941. The Bertz CT molecular complexity index is 271. The van der Waals surface area contributed by atoms with Crippen LogP contribution < -0.4 is 5.73 Å². The van der Waals surface area contributed by atoms with Crippen molar-refractivity contribution in [3.63, 3.8) is 0 Å². The van der Waals surface area contributed by atoms with Crippen molar-refractivity contribution in [2.24, 2.45) is 5.18 Å². The van der Waals surface area contributed by atoms with Crippen molar-refractivity contribution in [1.29, 1.82) is 0 Å². The van der Waals surface area contributed by atoms with Gasteiger partial charge in [0.25, 0.3) is 0 Å². The summed E-state index contributed by atoms with van der Waals surface area (Å²) in [6.07, 6.45) is 0. The maximum absolute atomic E-state index is 9.93. The van der Waals surface area contributed by atoms with E-state index in [0.29, 0.717) is 5.69 Å². The predicted octanol–water partition coefficient (Wildman–Crippen LogP) is 1.84. The van der Waals surface area contributed by atoms with E-state index in [2.05, 4.69) is 5.18 Å². The highest BCUT2D eigenvalue weighted by Gasteiger charge is 1.97. The van der Waals surface area contributed by atoms with E-state index in [1.807, 2.05) is 19.1 Å². The molecule has 0 bridgehead atoms. The largest absolute Gasteiger partial charge is 0.398 e. The average Bonchev–Trinajstić information content (AvgIpc) is 1.98. The molecule has 1 aromatic rings. The van der Waals surface area contributed by atoms with Crippen molar-refractivity contribution in [1.82, 2.24) is 0 Å². The van der Waals surface area contributed by atoms with Crippen molar-refractivity contribution >= 4 is 5.69 Å². The van der Waals surface area contributed by atoms with Crippen LogP contribution in [0.1, 0.15) is 11.1 Å². The average molecular weight is 150 g/mol. The lowest BCUT2D eigenvalue weighted by atomic mass is 10.1.